The van der Waals surface area contributed by atoms with Gasteiger partial charge in [0.25, 0.3) is 5.91 Å². The Morgan fingerprint density at radius 3 is 2.58 bits per heavy atom. The number of morpholine rings is 1. The highest BCUT2D eigenvalue weighted by atomic mass is 35.5. The van der Waals surface area contributed by atoms with Crippen LogP contribution in [0.15, 0.2) is 48.5 Å². The normalized spacial score (nSPS) is 15.8. The number of aliphatic hydroxyl groups is 1. The average molecular weight is 347 g/mol. The van der Waals surface area contributed by atoms with E-state index in [-0.39, 0.29) is 0 Å². The van der Waals surface area contributed by atoms with E-state index in [0.717, 1.165) is 18.8 Å². The molecular formula is C18H19ClN2O3. The minimum Gasteiger partial charge on any atom is -0.378 e. The molecule has 0 aromatic heterocycles. The first-order valence-electron chi connectivity index (χ1n) is 7.81. The highest BCUT2D eigenvalue weighted by Gasteiger charge is 2.21. The number of carbonyl (C=O) groups is 1. The first kappa shape index (κ1) is 16.8. The van der Waals surface area contributed by atoms with Gasteiger partial charge in [-0.1, -0.05) is 41.9 Å². The van der Waals surface area contributed by atoms with Gasteiger partial charge in [-0.3, -0.25) is 4.79 Å². The van der Waals surface area contributed by atoms with Gasteiger partial charge in [-0.25, -0.2) is 0 Å². The van der Waals surface area contributed by atoms with E-state index in [2.05, 4.69) is 10.2 Å². The molecule has 24 heavy (non-hydrogen) atoms. The Hall–Kier alpha value is -2.08. The molecule has 1 amide bonds. The summed E-state index contributed by atoms with van der Waals surface area (Å²) in [4.78, 5) is 14.5. The van der Waals surface area contributed by atoms with E-state index in [1.54, 1.807) is 36.4 Å². The Morgan fingerprint density at radius 2 is 1.88 bits per heavy atom. The number of aliphatic hydroxyl groups excluding tert-OH is 1. The van der Waals surface area contributed by atoms with Crippen molar-refractivity contribution in [2.45, 2.75) is 6.10 Å². The number of ether oxygens (including phenoxy) is 1. The van der Waals surface area contributed by atoms with Crippen LogP contribution in [0, 0.1) is 0 Å². The molecule has 0 bridgehead atoms. The first-order valence-corrected chi connectivity index (χ1v) is 8.19. The van der Waals surface area contributed by atoms with E-state index in [0.29, 0.717) is 29.5 Å². The largest absolute Gasteiger partial charge is 0.378 e. The fraction of sp³-hybridized carbons (Fsp3) is 0.278. The number of nitrogens with one attached hydrogen (secondary N) is 1. The predicted octanol–water partition coefficient (Wildman–Crippen LogP) is 2.85. The van der Waals surface area contributed by atoms with Gasteiger partial charge in [0.05, 0.1) is 24.6 Å². The third-order valence-electron chi connectivity index (χ3n) is 3.93. The van der Waals surface area contributed by atoms with Gasteiger partial charge in [0.15, 0.2) is 6.10 Å². The molecule has 6 heteroatoms. The van der Waals surface area contributed by atoms with Crippen LogP contribution in [-0.2, 0) is 9.53 Å². The van der Waals surface area contributed by atoms with Crippen LogP contribution >= 0.6 is 11.6 Å². The SMILES string of the molecule is O=C(Nc1cc(Cl)ccc1N1CCOCC1)C(O)c1ccccc1. The molecule has 1 fully saturated rings. The number of benzene rings is 2. The number of carbonyl (C=O) groups excluding carboxylic acids is 1. The van der Waals surface area contributed by atoms with Crippen LogP contribution in [0.2, 0.25) is 5.02 Å². The molecule has 0 spiro atoms. The standard InChI is InChI=1S/C18H19ClN2O3/c19-14-6-7-16(21-8-10-24-11-9-21)15(12-14)20-18(23)17(22)13-4-2-1-3-5-13/h1-7,12,17,22H,8-11H2,(H,20,23). The van der Waals surface area contributed by atoms with Gasteiger partial charge in [0.1, 0.15) is 0 Å². The summed E-state index contributed by atoms with van der Waals surface area (Å²) in [7, 11) is 0. The van der Waals surface area contributed by atoms with Crippen LogP contribution in [0.1, 0.15) is 11.7 Å². The van der Waals surface area contributed by atoms with Crippen molar-refractivity contribution >= 4 is 28.9 Å². The third kappa shape index (κ3) is 3.87. The molecule has 0 aliphatic carbocycles. The van der Waals surface area contributed by atoms with Gasteiger partial charge >= 0.3 is 0 Å². The first-order chi connectivity index (χ1) is 11.6. The summed E-state index contributed by atoms with van der Waals surface area (Å²) in [5.41, 5.74) is 2.01. The molecule has 1 unspecified atom stereocenters. The lowest BCUT2D eigenvalue weighted by Gasteiger charge is -2.30. The topological polar surface area (TPSA) is 61.8 Å². The van der Waals surface area contributed by atoms with Crippen molar-refractivity contribution in [3.05, 3.63) is 59.1 Å². The monoisotopic (exact) mass is 346 g/mol. The molecule has 2 N–H and O–H groups in total. The van der Waals surface area contributed by atoms with Crippen molar-refractivity contribution in [3.8, 4) is 0 Å². The van der Waals surface area contributed by atoms with Gasteiger partial charge in [-0.05, 0) is 23.8 Å². The number of rotatable bonds is 4. The van der Waals surface area contributed by atoms with Crippen molar-refractivity contribution in [1.82, 2.24) is 0 Å². The maximum Gasteiger partial charge on any atom is 0.257 e. The molecule has 1 aliphatic rings. The quantitative estimate of drug-likeness (QED) is 0.893. The van der Waals surface area contributed by atoms with Gasteiger partial charge in [-0.15, -0.1) is 0 Å². The predicted molar refractivity (Wildman–Crippen MR) is 94.5 cm³/mol. The number of nitrogens with zero attached hydrogens (tertiary/aromatic N) is 1. The van der Waals surface area contributed by atoms with Gasteiger partial charge in [0, 0.05) is 18.1 Å². The van der Waals surface area contributed by atoms with Crippen molar-refractivity contribution in [2.75, 3.05) is 36.5 Å². The molecule has 5 nitrogen and oxygen atoms in total. The van der Waals surface area contributed by atoms with E-state index in [9.17, 15) is 9.90 Å². The molecule has 2 aromatic rings. The van der Waals surface area contributed by atoms with Crippen molar-refractivity contribution < 1.29 is 14.6 Å². The Balaban J connectivity index is 1.80. The number of hydrogen-bond donors (Lipinski definition) is 2. The van der Waals surface area contributed by atoms with Crippen LogP contribution in [0.25, 0.3) is 0 Å². The van der Waals surface area contributed by atoms with Gasteiger partial charge in [0.2, 0.25) is 0 Å². The summed E-state index contributed by atoms with van der Waals surface area (Å²) in [5.74, 6) is -0.488. The zero-order valence-corrected chi connectivity index (χ0v) is 13.9. The molecule has 3 rings (SSSR count). The lowest BCUT2D eigenvalue weighted by atomic mass is 10.1. The fourth-order valence-electron chi connectivity index (χ4n) is 2.68. The van der Waals surface area contributed by atoms with Crippen LogP contribution in [0.3, 0.4) is 0 Å². The summed E-state index contributed by atoms with van der Waals surface area (Å²) in [6, 6.07) is 14.2. The Morgan fingerprint density at radius 1 is 1.17 bits per heavy atom. The fourth-order valence-corrected chi connectivity index (χ4v) is 2.85. The zero-order valence-electron chi connectivity index (χ0n) is 13.1. The minimum atomic E-state index is -1.23. The second kappa shape index (κ2) is 7.66. The molecule has 126 valence electrons. The summed E-state index contributed by atoms with van der Waals surface area (Å²) in [6.07, 6.45) is -1.23. The summed E-state index contributed by atoms with van der Waals surface area (Å²) in [5, 5.41) is 13.6. The number of amides is 1. The lowest BCUT2D eigenvalue weighted by molar-refractivity contribution is -0.124. The van der Waals surface area contributed by atoms with Crippen LogP contribution in [0.4, 0.5) is 11.4 Å². The highest BCUT2D eigenvalue weighted by Crippen LogP contribution is 2.30. The average Bonchev–Trinajstić information content (AvgIpc) is 2.62. The number of anilines is 2. The van der Waals surface area contributed by atoms with Crippen molar-refractivity contribution in [3.63, 3.8) is 0 Å². The highest BCUT2D eigenvalue weighted by molar-refractivity contribution is 6.31. The molecule has 0 radical (unpaired) electrons. The Labute approximate surface area is 145 Å². The zero-order chi connectivity index (χ0) is 16.9. The third-order valence-corrected chi connectivity index (χ3v) is 4.17. The Kier molecular flexibility index (Phi) is 5.35. The smallest absolute Gasteiger partial charge is 0.257 e. The summed E-state index contributed by atoms with van der Waals surface area (Å²) in [6.45, 7) is 2.77. The van der Waals surface area contributed by atoms with Crippen LogP contribution < -0.4 is 10.2 Å². The molecule has 1 atom stereocenters. The molecule has 1 saturated heterocycles. The number of hydrogen-bond acceptors (Lipinski definition) is 4. The van der Waals surface area contributed by atoms with E-state index in [4.69, 9.17) is 16.3 Å². The number of halogens is 1. The van der Waals surface area contributed by atoms with Gasteiger partial charge in [-0.2, -0.15) is 0 Å². The van der Waals surface area contributed by atoms with Crippen LogP contribution in [-0.4, -0.2) is 37.3 Å². The summed E-state index contributed by atoms with van der Waals surface area (Å²) >= 11 is 6.08. The molecular weight excluding hydrogens is 328 g/mol. The lowest BCUT2D eigenvalue weighted by Crippen LogP contribution is -2.37. The maximum absolute atomic E-state index is 12.4. The van der Waals surface area contributed by atoms with E-state index in [1.807, 2.05) is 12.1 Å². The molecule has 1 heterocycles. The second-order valence-electron chi connectivity index (χ2n) is 5.56. The summed E-state index contributed by atoms with van der Waals surface area (Å²) < 4.78 is 5.37. The molecule has 2 aromatic carbocycles. The van der Waals surface area contributed by atoms with Crippen LogP contribution in [0.5, 0.6) is 0 Å². The van der Waals surface area contributed by atoms with E-state index in [1.165, 1.54) is 0 Å². The van der Waals surface area contributed by atoms with Crippen molar-refractivity contribution in [2.24, 2.45) is 0 Å². The van der Waals surface area contributed by atoms with Gasteiger partial charge < -0.3 is 20.1 Å². The van der Waals surface area contributed by atoms with Crippen molar-refractivity contribution in [1.29, 1.82) is 0 Å². The Bertz CT molecular complexity index is 703. The van der Waals surface area contributed by atoms with E-state index >= 15 is 0 Å². The molecule has 1 aliphatic heterocycles. The second-order valence-corrected chi connectivity index (χ2v) is 6.00. The van der Waals surface area contributed by atoms with E-state index < -0.39 is 12.0 Å². The maximum atomic E-state index is 12.4. The molecule has 0 saturated carbocycles. The minimum absolute atomic E-state index is 0.488.